The predicted octanol–water partition coefficient (Wildman–Crippen LogP) is 2.51. The summed E-state index contributed by atoms with van der Waals surface area (Å²) < 4.78 is 0. The van der Waals surface area contributed by atoms with Crippen LogP contribution in [0.5, 0.6) is 0 Å². The van der Waals surface area contributed by atoms with Crippen LogP contribution in [0.25, 0.3) is 22.0 Å². The number of amides is 1. The Kier molecular flexibility index (Phi) is 2.92. The Balaban J connectivity index is 2.38. The summed E-state index contributed by atoms with van der Waals surface area (Å²) in [5.74, 6) is -0.526. The van der Waals surface area contributed by atoms with Gasteiger partial charge in [-0.1, -0.05) is 0 Å². The molecule has 102 valence electrons. The summed E-state index contributed by atoms with van der Waals surface area (Å²) in [5.41, 5.74) is 9.78. The van der Waals surface area contributed by atoms with Gasteiger partial charge in [-0.05, 0) is 42.3 Å². The molecule has 0 aliphatic rings. The van der Waals surface area contributed by atoms with Crippen molar-refractivity contribution in [3.8, 4) is 17.2 Å². The Morgan fingerprint density at radius 3 is 2.81 bits per heavy atom. The smallest absolute Gasteiger partial charge is 0.265 e. The minimum Gasteiger partial charge on any atom is -0.364 e. The SMILES string of the molecule is Cc1cnccc1-c1cc(C#N)cc2cc(C(N)=O)[nH]c12. The van der Waals surface area contributed by atoms with Crippen LogP contribution in [0.15, 0.2) is 36.7 Å². The van der Waals surface area contributed by atoms with Gasteiger partial charge in [0.05, 0.1) is 17.1 Å². The highest BCUT2D eigenvalue weighted by Crippen LogP contribution is 2.31. The normalized spacial score (nSPS) is 10.5. The molecule has 21 heavy (non-hydrogen) atoms. The number of benzene rings is 1. The Hall–Kier alpha value is -3.13. The number of aryl methyl sites for hydroxylation is 1. The molecule has 0 saturated heterocycles. The molecule has 0 bridgehead atoms. The van der Waals surface area contributed by atoms with E-state index < -0.39 is 5.91 Å². The number of nitrogens with zero attached hydrogens (tertiary/aromatic N) is 2. The number of pyridine rings is 1. The molecule has 5 nitrogen and oxygen atoms in total. The number of nitrogens with two attached hydrogens (primary N) is 1. The molecule has 2 aromatic heterocycles. The second-order valence-electron chi connectivity index (χ2n) is 4.84. The number of aromatic nitrogens is 2. The summed E-state index contributed by atoms with van der Waals surface area (Å²) >= 11 is 0. The molecule has 3 N–H and O–H groups in total. The van der Waals surface area contributed by atoms with Gasteiger partial charge < -0.3 is 10.7 Å². The minimum absolute atomic E-state index is 0.327. The standard InChI is InChI=1S/C16H12N4O/c1-9-8-19-3-2-12(9)13-5-10(7-17)4-11-6-14(16(18)21)20-15(11)13/h2-6,8,20H,1H3,(H2,18,21). The van der Waals surface area contributed by atoms with Crippen molar-refractivity contribution in [2.45, 2.75) is 6.92 Å². The molecule has 0 spiro atoms. The number of hydrogen-bond acceptors (Lipinski definition) is 3. The zero-order valence-corrected chi connectivity index (χ0v) is 11.3. The number of nitrogens with one attached hydrogen (secondary N) is 1. The Labute approximate surface area is 121 Å². The first-order chi connectivity index (χ1) is 10.1. The van der Waals surface area contributed by atoms with Crippen LogP contribution in [0.1, 0.15) is 21.6 Å². The van der Waals surface area contributed by atoms with Gasteiger partial charge in [0.15, 0.2) is 0 Å². The fraction of sp³-hybridized carbons (Fsp3) is 0.0625. The molecule has 0 aliphatic carbocycles. The van der Waals surface area contributed by atoms with Gasteiger partial charge in [-0.2, -0.15) is 5.26 Å². The van der Waals surface area contributed by atoms with Crippen molar-refractivity contribution in [3.63, 3.8) is 0 Å². The number of hydrogen-bond donors (Lipinski definition) is 2. The molecule has 3 aromatic rings. The largest absolute Gasteiger partial charge is 0.364 e. The topological polar surface area (TPSA) is 95.6 Å². The lowest BCUT2D eigenvalue weighted by molar-refractivity contribution is 0.0996. The number of carbonyl (C=O) groups excluding carboxylic acids is 1. The van der Waals surface area contributed by atoms with Crippen LogP contribution < -0.4 is 5.73 Å². The van der Waals surface area contributed by atoms with Crippen LogP contribution in [0.2, 0.25) is 0 Å². The summed E-state index contributed by atoms with van der Waals surface area (Å²) in [6.07, 6.45) is 3.46. The number of rotatable bonds is 2. The maximum atomic E-state index is 11.4. The Morgan fingerprint density at radius 2 is 2.14 bits per heavy atom. The molecule has 1 aromatic carbocycles. The summed E-state index contributed by atoms with van der Waals surface area (Å²) in [5, 5.41) is 9.98. The zero-order valence-electron chi connectivity index (χ0n) is 11.3. The molecule has 0 fully saturated rings. The highest BCUT2D eigenvalue weighted by Gasteiger charge is 2.13. The predicted molar refractivity (Wildman–Crippen MR) is 79.5 cm³/mol. The number of primary amides is 1. The van der Waals surface area contributed by atoms with E-state index in [0.717, 1.165) is 27.6 Å². The molecule has 0 unspecified atom stereocenters. The zero-order chi connectivity index (χ0) is 15.0. The van der Waals surface area contributed by atoms with Gasteiger partial charge in [-0.25, -0.2) is 0 Å². The van der Waals surface area contributed by atoms with Crippen molar-refractivity contribution in [2.24, 2.45) is 5.73 Å². The lowest BCUT2D eigenvalue weighted by atomic mass is 9.98. The van der Waals surface area contributed by atoms with Crippen LogP contribution >= 0.6 is 0 Å². The quantitative estimate of drug-likeness (QED) is 0.752. The molecule has 0 aliphatic heterocycles. The first kappa shape index (κ1) is 12.9. The molecule has 0 radical (unpaired) electrons. The first-order valence-corrected chi connectivity index (χ1v) is 6.38. The van der Waals surface area contributed by atoms with Gasteiger partial charge in [0.1, 0.15) is 5.69 Å². The summed E-state index contributed by atoms with van der Waals surface area (Å²) in [6, 6.07) is 9.22. The van der Waals surface area contributed by atoms with E-state index in [2.05, 4.69) is 16.0 Å². The van der Waals surface area contributed by atoms with E-state index in [1.165, 1.54) is 0 Å². The number of nitriles is 1. The van der Waals surface area contributed by atoms with E-state index in [9.17, 15) is 10.1 Å². The lowest BCUT2D eigenvalue weighted by Crippen LogP contribution is -2.10. The van der Waals surface area contributed by atoms with E-state index in [1.807, 2.05) is 13.0 Å². The van der Waals surface area contributed by atoms with Gasteiger partial charge in [0.2, 0.25) is 0 Å². The van der Waals surface area contributed by atoms with Gasteiger partial charge in [0, 0.05) is 23.3 Å². The van der Waals surface area contributed by atoms with Crippen LogP contribution in [-0.2, 0) is 0 Å². The van der Waals surface area contributed by atoms with Crippen LogP contribution in [-0.4, -0.2) is 15.9 Å². The van der Waals surface area contributed by atoms with E-state index in [4.69, 9.17) is 5.73 Å². The van der Waals surface area contributed by atoms with Crippen LogP contribution in [0.3, 0.4) is 0 Å². The summed E-state index contributed by atoms with van der Waals surface area (Å²) in [7, 11) is 0. The molecule has 3 rings (SSSR count). The van der Waals surface area contributed by atoms with Crippen molar-refractivity contribution in [1.29, 1.82) is 5.26 Å². The van der Waals surface area contributed by atoms with Crippen molar-refractivity contribution in [1.82, 2.24) is 9.97 Å². The average Bonchev–Trinajstić information content (AvgIpc) is 2.91. The second-order valence-corrected chi connectivity index (χ2v) is 4.84. The third kappa shape index (κ3) is 2.13. The fourth-order valence-electron chi connectivity index (χ4n) is 2.43. The number of fused-ring (bicyclic) bond motifs is 1. The van der Waals surface area contributed by atoms with Crippen LogP contribution in [0, 0.1) is 18.3 Å². The van der Waals surface area contributed by atoms with E-state index in [0.29, 0.717) is 11.3 Å². The molecular weight excluding hydrogens is 264 g/mol. The molecule has 2 heterocycles. The lowest BCUT2D eigenvalue weighted by Gasteiger charge is -2.07. The number of carbonyl (C=O) groups is 1. The third-order valence-corrected chi connectivity index (χ3v) is 3.43. The first-order valence-electron chi connectivity index (χ1n) is 6.38. The maximum absolute atomic E-state index is 11.4. The van der Waals surface area contributed by atoms with Crippen molar-refractivity contribution < 1.29 is 4.79 Å². The second kappa shape index (κ2) is 4.76. The number of aromatic amines is 1. The monoisotopic (exact) mass is 276 g/mol. The summed E-state index contributed by atoms with van der Waals surface area (Å²) in [6.45, 7) is 1.95. The fourth-order valence-corrected chi connectivity index (χ4v) is 2.43. The van der Waals surface area contributed by atoms with E-state index >= 15 is 0 Å². The highest BCUT2D eigenvalue weighted by molar-refractivity contribution is 6.02. The summed E-state index contributed by atoms with van der Waals surface area (Å²) in [4.78, 5) is 18.5. The van der Waals surface area contributed by atoms with Crippen molar-refractivity contribution in [2.75, 3.05) is 0 Å². The molecule has 5 heteroatoms. The van der Waals surface area contributed by atoms with Crippen molar-refractivity contribution >= 4 is 16.8 Å². The number of H-pyrrole nitrogens is 1. The Morgan fingerprint density at radius 1 is 1.33 bits per heavy atom. The van der Waals surface area contributed by atoms with E-state index in [-0.39, 0.29) is 0 Å². The molecule has 1 amide bonds. The molecular formula is C16H12N4O. The highest BCUT2D eigenvalue weighted by atomic mass is 16.1. The van der Waals surface area contributed by atoms with Gasteiger partial charge >= 0.3 is 0 Å². The minimum atomic E-state index is -0.526. The maximum Gasteiger partial charge on any atom is 0.265 e. The average molecular weight is 276 g/mol. The van der Waals surface area contributed by atoms with Crippen molar-refractivity contribution in [3.05, 3.63) is 53.5 Å². The van der Waals surface area contributed by atoms with Gasteiger partial charge in [0.25, 0.3) is 5.91 Å². The van der Waals surface area contributed by atoms with Crippen LogP contribution in [0.4, 0.5) is 0 Å². The van der Waals surface area contributed by atoms with E-state index in [1.54, 1.807) is 30.6 Å². The van der Waals surface area contributed by atoms with Gasteiger partial charge in [-0.15, -0.1) is 0 Å². The van der Waals surface area contributed by atoms with Gasteiger partial charge in [-0.3, -0.25) is 9.78 Å². The molecule has 0 saturated carbocycles. The third-order valence-electron chi connectivity index (χ3n) is 3.43. The molecule has 0 atom stereocenters. The Bertz CT molecular complexity index is 902.